The summed E-state index contributed by atoms with van der Waals surface area (Å²) in [6, 6.07) is 0. The van der Waals surface area contributed by atoms with Crippen molar-refractivity contribution in [2.45, 2.75) is 64.0 Å². The van der Waals surface area contributed by atoms with Crippen LogP contribution in [0.4, 0.5) is 0 Å². The van der Waals surface area contributed by atoms with Crippen molar-refractivity contribution < 1.29 is 17.9 Å². The zero-order valence-corrected chi connectivity index (χ0v) is 14.3. The van der Waals surface area contributed by atoms with Gasteiger partial charge in [-0.2, -0.15) is 0 Å². The third-order valence-electron chi connectivity index (χ3n) is 4.22. The fourth-order valence-electron chi connectivity index (χ4n) is 2.93. The van der Waals surface area contributed by atoms with Crippen LogP contribution >= 0.6 is 0 Å². The Kier molecular flexibility index (Phi) is 7.66. The van der Waals surface area contributed by atoms with E-state index in [-0.39, 0.29) is 5.97 Å². The molecule has 2 unspecified atom stereocenters. The maximum absolute atomic E-state index is 12.9. The third-order valence-corrected chi connectivity index (χ3v) is 6.64. The van der Waals surface area contributed by atoms with Crippen molar-refractivity contribution in [3.8, 4) is 0 Å². The third kappa shape index (κ3) is 4.68. The maximum Gasteiger partial charge on any atom is 0.310 e. The molecule has 1 aliphatic carbocycles. The summed E-state index contributed by atoms with van der Waals surface area (Å²) in [6.07, 6.45) is 5.60. The van der Waals surface area contributed by atoms with Gasteiger partial charge in [0.2, 0.25) is 10.0 Å². The molecule has 2 atom stereocenters. The predicted octanol–water partition coefficient (Wildman–Crippen LogP) is 2.56. The smallest absolute Gasteiger partial charge is 0.310 e. The first-order chi connectivity index (χ1) is 9.98. The van der Waals surface area contributed by atoms with E-state index in [9.17, 15) is 13.2 Å². The lowest BCUT2D eigenvalue weighted by Crippen LogP contribution is -2.43. The molecule has 0 aromatic heterocycles. The molecule has 1 saturated carbocycles. The van der Waals surface area contributed by atoms with E-state index in [4.69, 9.17) is 4.74 Å². The van der Waals surface area contributed by atoms with E-state index < -0.39 is 21.2 Å². The van der Waals surface area contributed by atoms with Crippen molar-refractivity contribution in [2.75, 3.05) is 20.2 Å². The second-order valence-corrected chi connectivity index (χ2v) is 7.90. The summed E-state index contributed by atoms with van der Waals surface area (Å²) >= 11 is 0. The molecule has 0 N–H and O–H groups in total. The Bertz CT molecular complexity index is 413. The highest BCUT2D eigenvalue weighted by Crippen LogP contribution is 2.34. The number of carbonyl (C=O) groups is 1. The standard InChI is InChI=1S/C15H29NO4S/c1-4-6-11-16(12-7-5-2)21(18,19)14-10-8-9-13(14)15(17)20-3/h13-14H,4-12H2,1-3H3. The molecule has 0 radical (unpaired) electrons. The number of hydrogen-bond donors (Lipinski definition) is 0. The van der Waals surface area contributed by atoms with Gasteiger partial charge in [0.25, 0.3) is 0 Å². The highest BCUT2D eigenvalue weighted by atomic mass is 32.2. The molecule has 0 heterocycles. The fourth-order valence-corrected chi connectivity index (χ4v) is 5.21. The Morgan fingerprint density at radius 2 is 1.71 bits per heavy atom. The minimum absolute atomic E-state index is 0.382. The summed E-state index contributed by atoms with van der Waals surface area (Å²) in [6.45, 7) is 5.22. The van der Waals surface area contributed by atoms with Crippen LogP contribution in [-0.4, -0.2) is 44.1 Å². The molecule has 1 aliphatic rings. The molecule has 0 saturated heterocycles. The molecule has 0 amide bonds. The molecule has 6 heteroatoms. The van der Waals surface area contributed by atoms with Crippen LogP contribution in [0, 0.1) is 5.92 Å². The van der Waals surface area contributed by atoms with Crippen molar-refractivity contribution in [3.63, 3.8) is 0 Å². The van der Waals surface area contributed by atoms with Crippen molar-refractivity contribution in [1.29, 1.82) is 0 Å². The van der Waals surface area contributed by atoms with Crippen LogP contribution < -0.4 is 0 Å². The molecule has 0 aliphatic heterocycles. The summed E-state index contributed by atoms with van der Waals surface area (Å²) in [7, 11) is -2.09. The van der Waals surface area contributed by atoms with Gasteiger partial charge in [-0.05, 0) is 25.7 Å². The van der Waals surface area contributed by atoms with Crippen LogP contribution in [0.5, 0.6) is 0 Å². The number of hydrogen-bond acceptors (Lipinski definition) is 4. The van der Waals surface area contributed by atoms with E-state index in [2.05, 4.69) is 13.8 Å². The molecule has 0 aromatic carbocycles. The molecule has 0 aromatic rings. The number of esters is 1. The second-order valence-electron chi connectivity index (χ2n) is 5.75. The van der Waals surface area contributed by atoms with Crippen molar-refractivity contribution in [1.82, 2.24) is 4.31 Å². The Hall–Kier alpha value is -0.620. The zero-order chi connectivity index (χ0) is 15.9. The molecule has 0 spiro atoms. The SMILES string of the molecule is CCCCN(CCCC)S(=O)(=O)C1CCCC1C(=O)OC. The number of methoxy groups -OCH3 is 1. The largest absolute Gasteiger partial charge is 0.469 e. The van der Waals surface area contributed by atoms with E-state index in [0.717, 1.165) is 32.1 Å². The van der Waals surface area contributed by atoms with Crippen LogP contribution in [0.3, 0.4) is 0 Å². The van der Waals surface area contributed by atoms with Gasteiger partial charge in [-0.25, -0.2) is 12.7 Å². The van der Waals surface area contributed by atoms with Crippen molar-refractivity contribution >= 4 is 16.0 Å². The fraction of sp³-hybridized carbons (Fsp3) is 0.933. The van der Waals surface area contributed by atoms with Crippen LogP contribution in [0.15, 0.2) is 0 Å². The van der Waals surface area contributed by atoms with Gasteiger partial charge in [-0.3, -0.25) is 4.79 Å². The zero-order valence-electron chi connectivity index (χ0n) is 13.5. The Balaban J connectivity index is 2.89. The topological polar surface area (TPSA) is 63.7 Å². The Morgan fingerprint density at radius 1 is 1.14 bits per heavy atom. The van der Waals surface area contributed by atoms with Gasteiger partial charge in [-0.1, -0.05) is 33.1 Å². The summed E-state index contributed by atoms with van der Waals surface area (Å²) < 4.78 is 32.2. The number of sulfonamides is 1. The summed E-state index contributed by atoms with van der Waals surface area (Å²) in [5.74, 6) is -0.877. The van der Waals surface area contributed by atoms with E-state index in [1.54, 1.807) is 4.31 Å². The lowest BCUT2D eigenvalue weighted by Gasteiger charge is -2.27. The van der Waals surface area contributed by atoms with E-state index in [1.807, 2.05) is 0 Å². The van der Waals surface area contributed by atoms with Gasteiger partial charge in [0.15, 0.2) is 0 Å². The van der Waals surface area contributed by atoms with Crippen molar-refractivity contribution in [3.05, 3.63) is 0 Å². The molecular formula is C15H29NO4S. The minimum Gasteiger partial charge on any atom is -0.469 e. The van der Waals surface area contributed by atoms with Crippen LogP contribution in [0.25, 0.3) is 0 Å². The molecule has 5 nitrogen and oxygen atoms in total. The van der Waals surface area contributed by atoms with Gasteiger partial charge in [0, 0.05) is 13.1 Å². The van der Waals surface area contributed by atoms with Crippen LogP contribution in [-0.2, 0) is 19.6 Å². The molecule has 0 bridgehead atoms. The minimum atomic E-state index is -3.42. The number of rotatable bonds is 9. The van der Waals surface area contributed by atoms with Gasteiger partial charge in [0.05, 0.1) is 18.3 Å². The quantitative estimate of drug-likeness (QED) is 0.613. The predicted molar refractivity (Wildman–Crippen MR) is 83.5 cm³/mol. The normalized spacial score (nSPS) is 22.7. The molecule has 21 heavy (non-hydrogen) atoms. The monoisotopic (exact) mass is 319 g/mol. The lowest BCUT2D eigenvalue weighted by molar-refractivity contribution is -0.145. The summed E-state index contributed by atoms with van der Waals surface area (Å²) in [5, 5.41) is -0.598. The first-order valence-electron chi connectivity index (χ1n) is 8.05. The van der Waals surface area contributed by atoms with Gasteiger partial charge >= 0.3 is 5.97 Å². The molecular weight excluding hydrogens is 290 g/mol. The lowest BCUT2D eigenvalue weighted by atomic mass is 10.1. The average molecular weight is 319 g/mol. The van der Waals surface area contributed by atoms with E-state index in [1.165, 1.54) is 7.11 Å². The number of unbranched alkanes of at least 4 members (excludes halogenated alkanes) is 2. The number of nitrogens with zero attached hydrogens (tertiary/aromatic N) is 1. The van der Waals surface area contributed by atoms with Crippen LogP contribution in [0.1, 0.15) is 58.8 Å². The second kappa shape index (κ2) is 8.73. The first-order valence-corrected chi connectivity index (χ1v) is 9.56. The average Bonchev–Trinajstić information content (AvgIpc) is 2.96. The van der Waals surface area contributed by atoms with E-state index in [0.29, 0.717) is 25.9 Å². The van der Waals surface area contributed by atoms with Gasteiger partial charge in [-0.15, -0.1) is 0 Å². The highest BCUT2D eigenvalue weighted by molar-refractivity contribution is 7.89. The van der Waals surface area contributed by atoms with E-state index >= 15 is 0 Å². The Morgan fingerprint density at radius 3 is 2.19 bits per heavy atom. The van der Waals surface area contributed by atoms with Gasteiger partial charge in [0.1, 0.15) is 0 Å². The summed E-state index contributed by atoms with van der Waals surface area (Å²) in [4.78, 5) is 11.8. The number of carbonyl (C=O) groups excluding carboxylic acids is 1. The van der Waals surface area contributed by atoms with Gasteiger partial charge < -0.3 is 4.74 Å². The molecule has 124 valence electrons. The molecule has 1 fully saturated rings. The molecule has 1 rings (SSSR count). The first kappa shape index (κ1) is 18.4. The number of ether oxygens (including phenoxy) is 1. The van der Waals surface area contributed by atoms with Crippen LogP contribution in [0.2, 0.25) is 0 Å². The van der Waals surface area contributed by atoms with Crippen molar-refractivity contribution in [2.24, 2.45) is 5.92 Å². The highest BCUT2D eigenvalue weighted by Gasteiger charge is 2.44. The Labute approximate surface area is 129 Å². The summed E-state index contributed by atoms with van der Waals surface area (Å²) in [5.41, 5.74) is 0. The maximum atomic E-state index is 12.9.